The Morgan fingerprint density at radius 3 is 2.35 bits per heavy atom. The van der Waals surface area contributed by atoms with Crippen LogP contribution in [0.3, 0.4) is 0 Å². The first-order valence-electron chi connectivity index (χ1n) is 8.01. The number of carbonyl (C=O) groups is 1. The predicted octanol–water partition coefficient (Wildman–Crippen LogP) is 2.80. The van der Waals surface area contributed by atoms with Crippen molar-refractivity contribution in [2.75, 3.05) is 31.1 Å². The summed E-state index contributed by atoms with van der Waals surface area (Å²) >= 11 is 0. The molecule has 4 nitrogen and oxygen atoms in total. The van der Waals surface area contributed by atoms with Crippen LogP contribution in [0.25, 0.3) is 0 Å². The minimum absolute atomic E-state index is 0.0495. The summed E-state index contributed by atoms with van der Waals surface area (Å²) in [5.41, 5.74) is 1.22. The molecule has 1 heterocycles. The second-order valence-corrected chi connectivity index (χ2v) is 5.82. The van der Waals surface area contributed by atoms with E-state index in [9.17, 15) is 4.79 Å². The van der Waals surface area contributed by atoms with Gasteiger partial charge in [0, 0.05) is 31.4 Å². The van der Waals surface area contributed by atoms with Crippen molar-refractivity contribution in [1.82, 2.24) is 4.90 Å². The van der Waals surface area contributed by atoms with Crippen LogP contribution in [0.4, 0.5) is 5.69 Å². The molecule has 1 saturated heterocycles. The summed E-state index contributed by atoms with van der Waals surface area (Å²) in [5, 5.41) is 0. The van der Waals surface area contributed by atoms with Crippen molar-refractivity contribution in [3.05, 3.63) is 60.7 Å². The van der Waals surface area contributed by atoms with E-state index < -0.39 is 0 Å². The molecule has 1 unspecified atom stereocenters. The topological polar surface area (TPSA) is 32.8 Å². The summed E-state index contributed by atoms with van der Waals surface area (Å²) in [4.78, 5) is 16.6. The van der Waals surface area contributed by atoms with Crippen LogP contribution in [0, 0.1) is 0 Å². The molecule has 0 N–H and O–H groups in total. The number of nitrogens with zero attached hydrogens (tertiary/aromatic N) is 2. The van der Waals surface area contributed by atoms with Crippen LogP contribution in [0.15, 0.2) is 60.7 Å². The molecule has 1 aliphatic rings. The largest absolute Gasteiger partial charge is 0.484 e. The summed E-state index contributed by atoms with van der Waals surface area (Å²) < 4.78 is 5.56. The Morgan fingerprint density at radius 2 is 1.70 bits per heavy atom. The molecule has 0 radical (unpaired) electrons. The van der Waals surface area contributed by atoms with Gasteiger partial charge in [-0.15, -0.1) is 0 Å². The monoisotopic (exact) mass is 310 g/mol. The Bertz CT molecular complexity index is 630. The highest BCUT2D eigenvalue weighted by Crippen LogP contribution is 2.20. The summed E-state index contributed by atoms with van der Waals surface area (Å²) in [6.45, 7) is 4.57. The Balaban J connectivity index is 1.54. The molecule has 0 aliphatic carbocycles. The van der Waals surface area contributed by atoms with Gasteiger partial charge in [0.1, 0.15) is 5.75 Å². The third-order valence-electron chi connectivity index (χ3n) is 4.17. The SMILES string of the molecule is CC1CN(C(=O)COc2ccccc2)CCN1c1ccccc1. The van der Waals surface area contributed by atoms with E-state index in [0.29, 0.717) is 6.04 Å². The Kier molecular flexibility index (Phi) is 4.81. The number of anilines is 1. The van der Waals surface area contributed by atoms with E-state index >= 15 is 0 Å². The van der Waals surface area contributed by atoms with E-state index in [1.165, 1.54) is 5.69 Å². The van der Waals surface area contributed by atoms with Gasteiger partial charge in [0.05, 0.1) is 0 Å². The number of piperazine rings is 1. The molecule has 120 valence electrons. The van der Waals surface area contributed by atoms with E-state index in [1.807, 2.05) is 53.4 Å². The van der Waals surface area contributed by atoms with E-state index in [-0.39, 0.29) is 12.5 Å². The standard InChI is InChI=1S/C19H22N2O2/c1-16-14-20(12-13-21(16)17-8-4-2-5-9-17)19(22)15-23-18-10-6-3-7-11-18/h2-11,16H,12-15H2,1H3. The van der Waals surface area contributed by atoms with Gasteiger partial charge in [-0.3, -0.25) is 4.79 Å². The fourth-order valence-electron chi connectivity index (χ4n) is 2.94. The van der Waals surface area contributed by atoms with Gasteiger partial charge in [0.25, 0.3) is 5.91 Å². The first kappa shape index (κ1) is 15.4. The lowest BCUT2D eigenvalue weighted by atomic mass is 10.1. The lowest BCUT2D eigenvalue weighted by molar-refractivity contribution is -0.134. The van der Waals surface area contributed by atoms with Crippen LogP contribution in [-0.4, -0.2) is 43.1 Å². The summed E-state index contributed by atoms with van der Waals surface area (Å²) in [6.07, 6.45) is 0. The zero-order valence-corrected chi connectivity index (χ0v) is 13.4. The van der Waals surface area contributed by atoms with Crippen LogP contribution in [0.2, 0.25) is 0 Å². The van der Waals surface area contributed by atoms with Gasteiger partial charge >= 0.3 is 0 Å². The van der Waals surface area contributed by atoms with Gasteiger partial charge < -0.3 is 14.5 Å². The number of amides is 1. The highest BCUT2D eigenvalue weighted by atomic mass is 16.5. The molecular weight excluding hydrogens is 288 g/mol. The van der Waals surface area contributed by atoms with E-state index in [4.69, 9.17) is 4.74 Å². The zero-order valence-electron chi connectivity index (χ0n) is 13.4. The molecule has 23 heavy (non-hydrogen) atoms. The van der Waals surface area contributed by atoms with Gasteiger partial charge in [-0.25, -0.2) is 0 Å². The second-order valence-electron chi connectivity index (χ2n) is 5.82. The van der Waals surface area contributed by atoms with Gasteiger partial charge in [0.2, 0.25) is 0 Å². The predicted molar refractivity (Wildman–Crippen MR) is 91.8 cm³/mol. The van der Waals surface area contributed by atoms with Crippen molar-refractivity contribution in [2.24, 2.45) is 0 Å². The highest BCUT2D eigenvalue weighted by Gasteiger charge is 2.26. The number of hydrogen-bond acceptors (Lipinski definition) is 3. The van der Waals surface area contributed by atoms with Gasteiger partial charge in [-0.05, 0) is 31.2 Å². The van der Waals surface area contributed by atoms with Gasteiger partial charge in [0.15, 0.2) is 6.61 Å². The van der Waals surface area contributed by atoms with Crippen molar-refractivity contribution in [3.8, 4) is 5.75 Å². The molecule has 1 amide bonds. The quantitative estimate of drug-likeness (QED) is 0.870. The van der Waals surface area contributed by atoms with E-state index in [1.54, 1.807) is 0 Å². The van der Waals surface area contributed by atoms with Crippen molar-refractivity contribution >= 4 is 11.6 Å². The smallest absolute Gasteiger partial charge is 0.260 e. The molecular formula is C19H22N2O2. The van der Waals surface area contributed by atoms with Crippen LogP contribution in [0.1, 0.15) is 6.92 Å². The Morgan fingerprint density at radius 1 is 1.04 bits per heavy atom. The normalized spacial score (nSPS) is 17.9. The van der Waals surface area contributed by atoms with Gasteiger partial charge in [-0.1, -0.05) is 36.4 Å². The number of hydrogen-bond donors (Lipinski definition) is 0. The molecule has 1 atom stereocenters. The minimum Gasteiger partial charge on any atom is -0.484 e. The first-order chi connectivity index (χ1) is 11.2. The van der Waals surface area contributed by atoms with Crippen molar-refractivity contribution in [2.45, 2.75) is 13.0 Å². The number of para-hydroxylation sites is 2. The average Bonchev–Trinajstić information content (AvgIpc) is 2.61. The third-order valence-corrected chi connectivity index (χ3v) is 4.17. The van der Waals surface area contributed by atoms with Crippen LogP contribution in [-0.2, 0) is 4.79 Å². The fraction of sp³-hybridized carbons (Fsp3) is 0.316. The van der Waals surface area contributed by atoms with Crippen molar-refractivity contribution in [3.63, 3.8) is 0 Å². The van der Waals surface area contributed by atoms with Crippen molar-refractivity contribution < 1.29 is 9.53 Å². The summed E-state index contributed by atoms with van der Waals surface area (Å²) in [6, 6.07) is 20.1. The third kappa shape index (κ3) is 3.83. The molecule has 2 aromatic rings. The molecule has 0 aromatic heterocycles. The minimum atomic E-state index is 0.0495. The highest BCUT2D eigenvalue weighted by molar-refractivity contribution is 5.78. The molecule has 0 bridgehead atoms. The van der Waals surface area contributed by atoms with Gasteiger partial charge in [-0.2, -0.15) is 0 Å². The number of benzene rings is 2. The molecule has 1 fully saturated rings. The molecule has 0 spiro atoms. The number of rotatable bonds is 4. The van der Waals surface area contributed by atoms with E-state index in [2.05, 4.69) is 24.0 Å². The van der Waals surface area contributed by atoms with Crippen LogP contribution in [0.5, 0.6) is 5.75 Å². The number of ether oxygens (including phenoxy) is 1. The number of carbonyl (C=O) groups excluding carboxylic acids is 1. The maximum Gasteiger partial charge on any atom is 0.260 e. The first-order valence-corrected chi connectivity index (χ1v) is 8.01. The maximum absolute atomic E-state index is 12.3. The molecule has 1 aliphatic heterocycles. The summed E-state index contributed by atoms with van der Waals surface area (Å²) in [7, 11) is 0. The van der Waals surface area contributed by atoms with Crippen LogP contribution < -0.4 is 9.64 Å². The zero-order chi connectivity index (χ0) is 16.1. The molecule has 2 aromatic carbocycles. The Labute approximate surface area is 137 Å². The lowest BCUT2D eigenvalue weighted by Gasteiger charge is -2.41. The maximum atomic E-state index is 12.3. The van der Waals surface area contributed by atoms with E-state index in [0.717, 1.165) is 25.4 Å². The lowest BCUT2D eigenvalue weighted by Crippen LogP contribution is -2.54. The second kappa shape index (κ2) is 7.18. The average molecular weight is 310 g/mol. The van der Waals surface area contributed by atoms with Crippen LogP contribution >= 0.6 is 0 Å². The molecule has 0 saturated carbocycles. The fourth-order valence-corrected chi connectivity index (χ4v) is 2.94. The van der Waals surface area contributed by atoms with Crippen molar-refractivity contribution in [1.29, 1.82) is 0 Å². The summed E-state index contributed by atoms with van der Waals surface area (Å²) in [5.74, 6) is 0.783. The Hall–Kier alpha value is -2.49. The molecule has 4 heteroatoms. The molecule has 3 rings (SSSR count).